The molecule has 0 fully saturated rings. The Hall–Kier alpha value is -2.43. The van der Waals surface area contributed by atoms with E-state index in [0.717, 1.165) is 32.7 Å². The summed E-state index contributed by atoms with van der Waals surface area (Å²) in [6.45, 7) is 0. The lowest BCUT2D eigenvalue weighted by atomic mass is 10.1. The van der Waals surface area contributed by atoms with E-state index >= 15 is 0 Å². The molecular weight excluding hydrogens is 344 g/mol. The molecule has 0 saturated heterocycles. The Balaban J connectivity index is 1.91. The Labute approximate surface area is 147 Å². The predicted molar refractivity (Wildman–Crippen MR) is 99.5 cm³/mol. The first-order valence-electron chi connectivity index (χ1n) is 7.17. The SMILES string of the molecule is COc1ccc(/C=C\C(=O)c2cc3cc(Cl)ccc3sc2=O)cc1. The first-order valence-corrected chi connectivity index (χ1v) is 8.36. The third kappa shape index (κ3) is 3.55. The van der Waals surface area contributed by atoms with Crippen LogP contribution in [0.2, 0.25) is 5.02 Å². The number of carbonyl (C=O) groups excluding carboxylic acids is 1. The summed E-state index contributed by atoms with van der Waals surface area (Å²) in [6, 6.07) is 14.1. The van der Waals surface area contributed by atoms with E-state index in [9.17, 15) is 9.59 Å². The highest BCUT2D eigenvalue weighted by atomic mass is 35.5. The van der Waals surface area contributed by atoms with Gasteiger partial charge in [0.15, 0.2) is 5.78 Å². The van der Waals surface area contributed by atoms with Crippen molar-refractivity contribution in [1.29, 1.82) is 0 Å². The van der Waals surface area contributed by atoms with E-state index in [1.165, 1.54) is 6.08 Å². The molecule has 3 aromatic rings. The maximum absolute atomic E-state index is 12.4. The van der Waals surface area contributed by atoms with E-state index in [2.05, 4.69) is 0 Å². The summed E-state index contributed by atoms with van der Waals surface area (Å²) in [7, 11) is 1.59. The van der Waals surface area contributed by atoms with Crippen LogP contribution in [0.25, 0.3) is 16.2 Å². The molecule has 3 rings (SSSR count). The lowest BCUT2D eigenvalue weighted by Gasteiger charge is -2.01. The molecule has 1 aromatic heterocycles. The van der Waals surface area contributed by atoms with Crippen LogP contribution in [0.1, 0.15) is 15.9 Å². The molecule has 0 saturated carbocycles. The van der Waals surface area contributed by atoms with Crippen molar-refractivity contribution in [3.63, 3.8) is 0 Å². The minimum Gasteiger partial charge on any atom is -0.497 e. The molecule has 3 nitrogen and oxygen atoms in total. The Morgan fingerprint density at radius 1 is 1.12 bits per heavy atom. The minimum absolute atomic E-state index is 0.152. The molecule has 0 aliphatic heterocycles. The van der Waals surface area contributed by atoms with Gasteiger partial charge in [-0.1, -0.05) is 41.1 Å². The van der Waals surface area contributed by atoms with E-state index in [1.807, 2.05) is 24.3 Å². The van der Waals surface area contributed by atoms with Crippen molar-refractivity contribution in [1.82, 2.24) is 0 Å². The van der Waals surface area contributed by atoms with Crippen molar-refractivity contribution in [2.75, 3.05) is 7.11 Å². The van der Waals surface area contributed by atoms with Gasteiger partial charge in [0.25, 0.3) is 0 Å². The molecule has 0 aliphatic carbocycles. The highest BCUT2D eigenvalue weighted by Crippen LogP contribution is 2.22. The van der Waals surface area contributed by atoms with Gasteiger partial charge in [-0.15, -0.1) is 0 Å². The van der Waals surface area contributed by atoms with Gasteiger partial charge < -0.3 is 4.74 Å². The van der Waals surface area contributed by atoms with E-state index in [0.29, 0.717) is 5.02 Å². The molecule has 0 spiro atoms. The number of carbonyl (C=O) groups is 1. The second kappa shape index (κ2) is 6.99. The number of hydrogen-bond acceptors (Lipinski definition) is 4. The highest BCUT2D eigenvalue weighted by Gasteiger charge is 2.10. The fraction of sp³-hybridized carbons (Fsp3) is 0.0526. The number of hydrogen-bond donors (Lipinski definition) is 0. The number of fused-ring (bicyclic) bond motifs is 1. The zero-order chi connectivity index (χ0) is 17.1. The van der Waals surface area contributed by atoms with Crippen LogP contribution in [0.5, 0.6) is 5.75 Å². The lowest BCUT2D eigenvalue weighted by molar-refractivity contribution is 0.104. The third-order valence-corrected chi connectivity index (χ3v) is 4.73. The monoisotopic (exact) mass is 356 g/mol. The molecule has 2 aromatic carbocycles. The van der Waals surface area contributed by atoms with Crippen molar-refractivity contribution in [2.45, 2.75) is 0 Å². The van der Waals surface area contributed by atoms with Crippen molar-refractivity contribution < 1.29 is 9.53 Å². The van der Waals surface area contributed by atoms with E-state index < -0.39 is 0 Å². The first-order chi connectivity index (χ1) is 11.6. The van der Waals surface area contributed by atoms with Gasteiger partial charge >= 0.3 is 0 Å². The molecule has 0 radical (unpaired) electrons. The average molecular weight is 357 g/mol. The topological polar surface area (TPSA) is 43.4 Å². The summed E-state index contributed by atoms with van der Waals surface area (Å²) >= 11 is 7.02. The zero-order valence-electron chi connectivity index (χ0n) is 12.8. The summed E-state index contributed by atoms with van der Waals surface area (Å²) < 4.78 is 5.64. The molecule has 0 N–H and O–H groups in total. The van der Waals surface area contributed by atoms with Gasteiger partial charge in [0.05, 0.1) is 12.7 Å². The van der Waals surface area contributed by atoms with Crippen molar-refractivity contribution in [2.24, 2.45) is 0 Å². The molecule has 0 bridgehead atoms. The van der Waals surface area contributed by atoms with Gasteiger partial charge in [-0.25, -0.2) is 0 Å². The maximum Gasteiger partial charge on any atom is 0.244 e. The van der Waals surface area contributed by atoms with Gasteiger partial charge in [0.2, 0.25) is 4.74 Å². The van der Waals surface area contributed by atoms with Crippen LogP contribution in [0, 0.1) is 0 Å². The minimum atomic E-state index is -0.325. The Bertz CT molecular complexity index is 988. The molecule has 0 amide bonds. The van der Waals surface area contributed by atoms with Gasteiger partial charge in [-0.2, -0.15) is 0 Å². The van der Waals surface area contributed by atoms with Crippen LogP contribution < -0.4 is 9.48 Å². The van der Waals surface area contributed by atoms with Gasteiger partial charge in [0, 0.05) is 9.72 Å². The standard InChI is InChI=1S/C19H13ClO3S/c1-23-15-6-2-12(3-7-15)4-8-17(21)16-11-13-10-14(20)5-9-18(13)24-19(16)22/h2-11H,1H3/b8-4-. The summed E-state index contributed by atoms with van der Waals surface area (Å²) in [6.07, 6.45) is 3.08. The maximum atomic E-state index is 12.4. The zero-order valence-corrected chi connectivity index (χ0v) is 14.4. The Kier molecular flexibility index (Phi) is 4.79. The number of ether oxygens (including phenoxy) is 1. The summed E-state index contributed by atoms with van der Waals surface area (Å²) in [5.41, 5.74) is 1.00. The average Bonchev–Trinajstić information content (AvgIpc) is 2.60. The fourth-order valence-corrected chi connectivity index (χ4v) is 3.26. The number of rotatable bonds is 4. The fourth-order valence-electron chi connectivity index (χ4n) is 2.24. The molecule has 24 heavy (non-hydrogen) atoms. The largest absolute Gasteiger partial charge is 0.497 e. The number of allylic oxidation sites excluding steroid dienone is 1. The number of ketones is 1. The molecule has 1 heterocycles. The van der Waals surface area contributed by atoms with E-state index in [4.69, 9.17) is 16.3 Å². The Morgan fingerprint density at radius 3 is 2.58 bits per heavy atom. The second-order valence-electron chi connectivity index (χ2n) is 5.10. The van der Waals surface area contributed by atoms with Gasteiger partial charge in [-0.05, 0) is 53.4 Å². The van der Waals surface area contributed by atoms with Crippen LogP contribution in [0.15, 0.2) is 59.4 Å². The van der Waals surface area contributed by atoms with Crippen molar-refractivity contribution in [3.8, 4) is 5.75 Å². The smallest absolute Gasteiger partial charge is 0.244 e. The van der Waals surface area contributed by atoms with Crippen LogP contribution in [0.4, 0.5) is 0 Å². The molecule has 0 unspecified atom stereocenters. The molecule has 0 atom stereocenters. The van der Waals surface area contributed by atoms with Gasteiger partial charge in [-0.3, -0.25) is 9.59 Å². The predicted octanol–water partition coefficient (Wildman–Crippen LogP) is 4.82. The Morgan fingerprint density at radius 2 is 1.88 bits per heavy atom. The van der Waals surface area contributed by atoms with E-state index in [-0.39, 0.29) is 16.1 Å². The normalized spacial score (nSPS) is 11.1. The number of methoxy groups -OCH3 is 1. The lowest BCUT2D eigenvalue weighted by Crippen LogP contribution is -2.09. The molecular formula is C19H13ClO3S. The summed E-state index contributed by atoms with van der Waals surface area (Å²) in [4.78, 5) is 24.5. The van der Waals surface area contributed by atoms with Crippen molar-refractivity contribution >= 4 is 44.9 Å². The van der Waals surface area contributed by atoms with Crippen LogP contribution >= 0.6 is 22.9 Å². The summed E-state index contributed by atoms with van der Waals surface area (Å²) in [5, 5.41) is 1.36. The quantitative estimate of drug-likeness (QED) is 0.497. The molecule has 0 aliphatic rings. The molecule has 5 heteroatoms. The second-order valence-corrected chi connectivity index (χ2v) is 6.55. The van der Waals surface area contributed by atoms with E-state index in [1.54, 1.807) is 37.5 Å². The molecule has 120 valence electrons. The number of benzene rings is 2. The highest BCUT2D eigenvalue weighted by molar-refractivity contribution is 7.16. The van der Waals surface area contributed by atoms with Gasteiger partial charge in [0.1, 0.15) is 5.75 Å². The number of halogens is 1. The van der Waals surface area contributed by atoms with Crippen LogP contribution in [-0.4, -0.2) is 12.9 Å². The first kappa shape index (κ1) is 16.4. The van der Waals surface area contributed by atoms with Crippen LogP contribution in [0.3, 0.4) is 0 Å². The van der Waals surface area contributed by atoms with Crippen LogP contribution in [-0.2, 0) is 0 Å². The third-order valence-electron chi connectivity index (χ3n) is 3.50. The summed E-state index contributed by atoms with van der Waals surface area (Å²) in [5.74, 6) is 0.419. The van der Waals surface area contributed by atoms with Crippen molar-refractivity contribution in [3.05, 3.63) is 80.3 Å².